The fourth-order valence-corrected chi connectivity index (χ4v) is 2.07. The predicted octanol–water partition coefficient (Wildman–Crippen LogP) is 1.47. The Morgan fingerprint density at radius 3 is 2.95 bits per heavy atom. The van der Waals surface area contributed by atoms with Gasteiger partial charge >= 0.3 is 5.97 Å². The number of hydrogen-bond acceptors (Lipinski definition) is 3. The van der Waals surface area contributed by atoms with Crippen molar-refractivity contribution in [3.8, 4) is 0 Å². The van der Waals surface area contributed by atoms with E-state index in [0.29, 0.717) is 12.8 Å². The average molecular weight is 275 g/mol. The number of aliphatic carboxylic acids is 1. The molecule has 0 aliphatic heterocycles. The summed E-state index contributed by atoms with van der Waals surface area (Å²) in [5, 5.41) is 19.3. The van der Waals surface area contributed by atoms with Crippen molar-refractivity contribution in [3.05, 3.63) is 30.0 Å². The van der Waals surface area contributed by atoms with E-state index in [0.717, 1.165) is 16.5 Å². The number of nitrogens with zero attached hydrogens (tertiary/aromatic N) is 1. The maximum absolute atomic E-state index is 11.9. The number of nitrogens with one attached hydrogen (secondary N) is 2. The Bertz CT molecular complexity index is 621. The summed E-state index contributed by atoms with van der Waals surface area (Å²) < 4.78 is 0. The molecule has 1 atom stereocenters. The maximum Gasteiger partial charge on any atom is 0.326 e. The second kappa shape index (κ2) is 6.18. The van der Waals surface area contributed by atoms with Crippen LogP contribution < -0.4 is 5.32 Å². The van der Waals surface area contributed by atoms with Crippen molar-refractivity contribution in [3.63, 3.8) is 0 Å². The molecule has 0 bridgehead atoms. The quantitative estimate of drug-likeness (QED) is 0.744. The first kappa shape index (κ1) is 14.0. The van der Waals surface area contributed by atoms with E-state index in [1.165, 1.54) is 0 Å². The third kappa shape index (κ3) is 3.34. The molecule has 0 aliphatic carbocycles. The van der Waals surface area contributed by atoms with Crippen LogP contribution in [0.3, 0.4) is 0 Å². The summed E-state index contributed by atoms with van der Waals surface area (Å²) in [6.07, 6.45) is 3.00. The number of H-pyrrole nitrogens is 1. The van der Waals surface area contributed by atoms with Gasteiger partial charge in [0.25, 0.3) is 0 Å². The Morgan fingerprint density at radius 1 is 1.45 bits per heavy atom. The molecule has 1 unspecified atom stereocenters. The Kier molecular flexibility index (Phi) is 4.34. The summed E-state index contributed by atoms with van der Waals surface area (Å²) in [6, 6.07) is 4.75. The summed E-state index contributed by atoms with van der Waals surface area (Å²) in [7, 11) is 0. The molecule has 2 aromatic rings. The molecule has 1 heterocycles. The van der Waals surface area contributed by atoms with E-state index in [1.54, 1.807) is 6.20 Å². The second-order valence-electron chi connectivity index (χ2n) is 4.72. The zero-order valence-corrected chi connectivity index (χ0v) is 11.2. The number of hydrogen-bond donors (Lipinski definition) is 3. The van der Waals surface area contributed by atoms with Crippen LogP contribution in [0.1, 0.15) is 25.3 Å². The lowest BCUT2D eigenvalue weighted by atomic mass is 10.1. The SMILES string of the molecule is CCCC(NC(=O)Cc1ccc2cn[nH]c2c1)C(=O)O. The van der Waals surface area contributed by atoms with Gasteiger partial charge in [-0.1, -0.05) is 25.5 Å². The predicted molar refractivity (Wildman–Crippen MR) is 74.3 cm³/mol. The Hall–Kier alpha value is -2.37. The van der Waals surface area contributed by atoms with Gasteiger partial charge in [0, 0.05) is 5.39 Å². The molecule has 106 valence electrons. The molecule has 6 nitrogen and oxygen atoms in total. The minimum absolute atomic E-state index is 0.155. The van der Waals surface area contributed by atoms with Crippen molar-refractivity contribution in [2.24, 2.45) is 0 Å². The molecule has 1 aromatic carbocycles. The lowest BCUT2D eigenvalue weighted by Gasteiger charge is -2.13. The van der Waals surface area contributed by atoms with E-state index >= 15 is 0 Å². The first-order valence-corrected chi connectivity index (χ1v) is 6.54. The fraction of sp³-hybridized carbons (Fsp3) is 0.357. The molecule has 20 heavy (non-hydrogen) atoms. The van der Waals surface area contributed by atoms with Crippen LogP contribution in [0.2, 0.25) is 0 Å². The van der Waals surface area contributed by atoms with E-state index < -0.39 is 12.0 Å². The van der Waals surface area contributed by atoms with Gasteiger partial charge < -0.3 is 10.4 Å². The molecular formula is C14H17N3O3. The molecule has 0 radical (unpaired) electrons. The van der Waals surface area contributed by atoms with Crippen molar-refractivity contribution >= 4 is 22.8 Å². The van der Waals surface area contributed by atoms with Gasteiger partial charge in [0.05, 0.1) is 18.1 Å². The maximum atomic E-state index is 11.9. The normalized spacial score (nSPS) is 12.2. The summed E-state index contributed by atoms with van der Waals surface area (Å²) in [4.78, 5) is 22.9. The molecule has 2 rings (SSSR count). The smallest absolute Gasteiger partial charge is 0.326 e. The number of aromatic amines is 1. The van der Waals surface area contributed by atoms with Gasteiger partial charge in [0.2, 0.25) is 5.91 Å². The van der Waals surface area contributed by atoms with Crippen LogP contribution in [0.5, 0.6) is 0 Å². The van der Waals surface area contributed by atoms with E-state index in [1.807, 2.05) is 25.1 Å². The van der Waals surface area contributed by atoms with Crippen LogP contribution in [0.25, 0.3) is 10.9 Å². The first-order chi connectivity index (χ1) is 9.60. The van der Waals surface area contributed by atoms with Gasteiger partial charge in [-0.2, -0.15) is 5.10 Å². The van der Waals surface area contributed by atoms with Gasteiger partial charge in [-0.3, -0.25) is 9.89 Å². The molecule has 6 heteroatoms. The van der Waals surface area contributed by atoms with E-state index in [2.05, 4.69) is 15.5 Å². The van der Waals surface area contributed by atoms with Gasteiger partial charge in [-0.15, -0.1) is 0 Å². The van der Waals surface area contributed by atoms with Crippen molar-refractivity contribution in [2.45, 2.75) is 32.2 Å². The van der Waals surface area contributed by atoms with Gasteiger partial charge in [-0.05, 0) is 18.1 Å². The lowest BCUT2D eigenvalue weighted by Crippen LogP contribution is -2.41. The largest absolute Gasteiger partial charge is 0.480 e. The molecular weight excluding hydrogens is 258 g/mol. The number of benzene rings is 1. The molecule has 0 saturated carbocycles. The molecule has 1 aromatic heterocycles. The van der Waals surface area contributed by atoms with Crippen LogP contribution in [0.15, 0.2) is 24.4 Å². The highest BCUT2D eigenvalue weighted by molar-refractivity contribution is 5.86. The highest BCUT2D eigenvalue weighted by atomic mass is 16.4. The highest BCUT2D eigenvalue weighted by Crippen LogP contribution is 2.13. The molecule has 1 amide bonds. The molecule has 0 saturated heterocycles. The number of fused-ring (bicyclic) bond motifs is 1. The van der Waals surface area contributed by atoms with Crippen LogP contribution in [0, 0.1) is 0 Å². The fourth-order valence-electron chi connectivity index (χ4n) is 2.07. The van der Waals surface area contributed by atoms with E-state index in [4.69, 9.17) is 5.11 Å². The van der Waals surface area contributed by atoms with Crippen molar-refractivity contribution in [1.29, 1.82) is 0 Å². The summed E-state index contributed by atoms with van der Waals surface area (Å²) >= 11 is 0. The lowest BCUT2D eigenvalue weighted by molar-refractivity contribution is -0.141. The number of rotatable bonds is 6. The standard InChI is InChI=1S/C14H17N3O3/c1-2-3-11(14(19)20)16-13(18)7-9-4-5-10-8-15-17-12(10)6-9/h4-6,8,11H,2-3,7H2,1H3,(H,15,17)(H,16,18)(H,19,20). The average Bonchev–Trinajstić information content (AvgIpc) is 2.85. The topological polar surface area (TPSA) is 95.1 Å². The first-order valence-electron chi connectivity index (χ1n) is 6.54. The Labute approximate surface area is 116 Å². The zero-order valence-electron chi connectivity index (χ0n) is 11.2. The molecule has 0 spiro atoms. The number of carboxylic acids is 1. The monoisotopic (exact) mass is 275 g/mol. The minimum atomic E-state index is -0.996. The third-order valence-corrected chi connectivity index (χ3v) is 3.08. The van der Waals surface area contributed by atoms with Crippen LogP contribution in [0.4, 0.5) is 0 Å². The van der Waals surface area contributed by atoms with Gasteiger partial charge in [0.15, 0.2) is 0 Å². The summed E-state index contributed by atoms with van der Waals surface area (Å²) in [5.41, 5.74) is 1.68. The van der Waals surface area contributed by atoms with Gasteiger partial charge in [-0.25, -0.2) is 4.79 Å². The third-order valence-electron chi connectivity index (χ3n) is 3.08. The van der Waals surface area contributed by atoms with Gasteiger partial charge in [0.1, 0.15) is 6.04 Å². The summed E-state index contributed by atoms with van der Waals surface area (Å²) in [6.45, 7) is 1.88. The molecule has 0 aliphatic rings. The number of carbonyl (C=O) groups is 2. The van der Waals surface area contributed by atoms with Crippen molar-refractivity contribution in [2.75, 3.05) is 0 Å². The summed E-state index contributed by atoms with van der Waals surface area (Å²) in [5.74, 6) is -1.28. The number of carbonyl (C=O) groups excluding carboxylic acids is 1. The highest BCUT2D eigenvalue weighted by Gasteiger charge is 2.18. The van der Waals surface area contributed by atoms with Crippen LogP contribution in [-0.2, 0) is 16.0 Å². The van der Waals surface area contributed by atoms with Crippen LogP contribution in [-0.4, -0.2) is 33.2 Å². The van der Waals surface area contributed by atoms with E-state index in [9.17, 15) is 9.59 Å². The zero-order chi connectivity index (χ0) is 14.5. The van der Waals surface area contributed by atoms with Crippen molar-refractivity contribution in [1.82, 2.24) is 15.5 Å². The second-order valence-corrected chi connectivity index (χ2v) is 4.72. The van der Waals surface area contributed by atoms with E-state index in [-0.39, 0.29) is 12.3 Å². The number of amides is 1. The molecule has 0 fully saturated rings. The van der Waals surface area contributed by atoms with Crippen molar-refractivity contribution < 1.29 is 14.7 Å². The number of carboxylic acid groups (broad SMARTS) is 1. The van der Waals surface area contributed by atoms with Crippen LogP contribution >= 0.6 is 0 Å². The minimum Gasteiger partial charge on any atom is -0.480 e. The Morgan fingerprint density at radius 2 is 2.25 bits per heavy atom. The molecule has 3 N–H and O–H groups in total. The number of aromatic nitrogens is 2. The Balaban J connectivity index is 2.01.